The van der Waals surface area contributed by atoms with Crippen LogP contribution in [0.15, 0.2) is 24.5 Å². The quantitative estimate of drug-likeness (QED) is 0.902. The molecule has 5 heteroatoms. The van der Waals surface area contributed by atoms with Crippen molar-refractivity contribution in [1.29, 1.82) is 0 Å². The van der Waals surface area contributed by atoms with Crippen molar-refractivity contribution in [1.82, 2.24) is 15.0 Å². The van der Waals surface area contributed by atoms with Crippen LogP contribution in [-0.4, -0.2) is 21.5 Å². The van der Waals surface area contributed by atoms with Crippen LogP contribution in [0.4, 0.5) is 5.82 Å². The highest BCUT2D eigenvalue weighted by atomic mass is 16.5. The SMILES string of the molecule is CCNc1nc(C(C)C)nc(Oc2cccnc2)c1C. The van der Waals surface area contributed by atoms with E-state index < -0.39 is 0 Å². The zero-order chi connectivity index (χ0) is 14.5. The molecule has 0 fully saturated rings. The Kier molecular flexibility index (Phi) is 4.50. The first kappa shape index (κ1) is 14.2. The summed E-state index contributed by atoms with van der Waals surface area (Å²) in [6.45, 7) is 8.93. The van der Waals surface area contributed by atoms with Crippen molar-refractivity contribution in [3.63, 3.8) is 0 Å². The van der Waals surface area contributed by atoms with E-state index >= 15 is 0 Å². The predicted octanol–water partition coefficient (Wildman–Crippen LogP) is 3.53. The third kappa shape index (κ3) is 3.23. The minimum Gasteiger partial charge on any atom is -0.437 e. The summed E-state index contributed by atoms with van der Waals surface area (Å²) >= 11 is 0. The molecule has 2 heterocycles. The van der Waals surface area contributed by atoms with Crippen molar-refractivity contribution in [2.24, 2.45) is 0 Å². The third-order valence-corrected chi connectivity index (χ3v) is 2.83. The molecule has 0 spiro atoms. The molecular formula is C15H20N4O. The first-order valence-electron chi connectivity index (χ1n) is 6.82. The topological polar surface area (TPSA) is 59.9 Å². The highest BCUT2D eigenvalue weighted by Crippen LogP contribution is 2.28. The van der Waals surface area contributed by atoms with Gasteiger partial charge in [0.1, 0.15) is 17.4 Å². The maximum Gasteiger partial charge on any atom is 0.227 e. The summed E-state index contributed by atoms with van der Waals surface area (Å²) in [7, 11) is 0. The molecule has 0 amide bonds. The Morgan fingerprint density at radius 2 is 2.10 bits per heavy atom. The maximum atomic E-state index is 5.83. The average Bonchev–Trinajstić information content (AvgIpc) is 2.44. The number of aromatic nitrogens is 3. The van der Waals surface area contributed by atoms with E-state index in [4.69, 9.17) is 4.74 Å². The van der Waals surface area contributed by atoms with Gasteiger partial charge in [-0.15, -0.1) is 0 Å². The van der Waals surface area contributed by atoms with Crippen LogP contribution in [0.25, 0.3) is 0 Å². The molecule has 0 atom stereocenters. The minimum atomic E-state index is 0.240. The Morgan fingerprint density at radius 1 is 1.30 bits per heavy atom. The van der Waals surface area contributed by atoms with Crippen molar-refractivity contribution in [2.75, 3.05) is 11.9 Å². The van der Waals surface area contributed by atoms with E-state index in [2.05, 4.69) is 34.1 Å². The van der Waals surface area contributed by atoms with Gasteiger partial charge in [-0.25, -0.2) is 4.98 Å². The zero-order valence-corrected chi connectivity index (χ0v) is 12.3. The molecule has 5 nitrogen and oxygen atoms in total. The van der Waals surface area contributed by atoms with Gasteiger partial charge in [-0.1, -0.05) is 13.8 Å². The normalized spacial score (nSPS) is 10.7. The average molecular weight is 272 g/mol. The van der Waals surface area contributed by atoms with Gasteiger partial charge in [-0.2, -0.15) is 4.98 Å². The number of rotatable bonds is 5. The van der Waals surface area contributed by atoms with Crippen LogP contribution in [0, 0.1) is 6.92 Å². The van der Waals surface area contributed by atoms with Gasteiger partial charge in [0.15, 0.2) is 0 Å². The van der Waals surface area contributed by atoms with E-state index in [1.807, 2.05) is 26.0 Å². The van der Waals surface area contributed by atoms with Crippen LogP contribution >= 0.6 is 0 Å². The van der Waals surface area contributed by atoms with Crippen molar-refractivity contribution in [3.8, 4) is 11.6 Å². The van der Waals surface area contributed by atoms with Gasteiger partial charge in [0.05, 0.1) is 11.8 Å². The lowest BCUT2D eigenvalue weighted by Crippen LogP contribution is -2.08. The van der Waals surface area contributed by atoms with Crippen molar-refractivity contribution < 1.29 is 4.74 Å². The molecule has 0 saturated carbocycles. The predicted molar refractivity (Wildman–Crippen MR) is 79.3 cm³/mol. The van der Waals surface area contributed by atoms with Crippen molar-refractivity contribution in [2.45, 2.75) is 33.6 Å². The van der Waals surface area contributed by atoms with Crippen LogP contribution in [-0.2, 0) is 0 Å². The van der Waals surface area contributed by atoms with Crippen molar-refractivity contribution >= 4 is 5.82 Å². The van der Waals surface area contributed by atoms with Gasteiger partial charge in [-0.3, -0.25) is 4.98 Å². The first-order valence-corrected chi connectivity index (χ1v) is 6.82. The third-order valence-electron chi connectivity index (χ3n) is 2.83. The fourth-order valence-electron chi connectivity index (χ4n) is 1.73. The Bertz CT molecular complexity index is 570. The summed E-state index contributed by atoms with van der Waals surface area (Å²) in [5.74, 6) is 3.08. The molecule has 2 aromatic heterocycles. The number of hydrogen-bond donors (Lipinski definition) is 1. The molecule has 0 bridgehead atoms. The van der Waals surface area contributed by atoms with Crippen LogP contribution in [0.2, 0.25) is 0 Å². The molecule has 0 saturated heterocycles. The lowest BCUT2D eigenvalue weighted by Gasteiger charge is -2.14. The van der Waals surface area contributed by atoms with Crippen molar-refractivity contribution in [3.05, 3.63) is 35.9 Å². The summed E-state index contributed by atoms with van der Waals surface area (Å²) in [5, 5.41) is 3.25. The molecule has 2 aromatic rings. The van der Waals surface area contributed by atoms with Crippen LogP contribution < -0.4 is 10.1 Å². The Balaban J connectivity index is 2.40. The number of nitrogens with one attached hydrogen (secondary N) is 1. The lowest BCUT2D eigenvalue weighted by molar-refractivity contribution is 0.451. The van der Waals surface area contributed by atoms with E-state index in [0.29, 0.717) is 11.6 Å². The maximum absolute atomic E-state index is 5.83. The largest absolute Gasteiger partial charge is 0.437 e. The fourth-order valence-corrected chi connectivity index (χ4v) is 1.73. The fraction of sp³-hybridized carbons (Fsp3) is 0.400. The monoisotopic (exact) mass is 272 g/mol. The van der Waals surface area contributed by atoms with E-state index in [9.17, 15) is 0 Å². The summed E-state index contributed by atoms with van der Waals surface area (Å²) in [6, 6.07) is 3.69. The van der Waals surface area contributed by atoms with Crippen LogP contribution in [0.5, 0.6) is 11.6 Å². The van der Waals surface area contributed by atoms with E-state index in [-0.39, 0.29) is 5.92 Å². The van der Waals surface area contributed by atoms with E-state index in [1.165, 1.54) is 0 Å². The molecule has 0 radical (unpaired) electrons. The summed E-state index contributed by atoms with van der Waals surface area (Å²) in [4.78, 5) is 13.1. The molecule has 106 valence electrons. The number of anilines is 1. The van der Waals surface area contributed by atoms with Crippen LogP contribution in [0.1, 0.15) is 38.1 Å². The molecule has 0 unspecified atom stereocenters. The number of nitrogens with zero attached hydrogens (tertiary/aromatic N) is 3. The second kappa shape index (κ2) is 6.32. The molecule has 20 heavy (non-hydrogen) atoms. The summed E-state index contributed by atoms with van der Waals surface area (Å²) < 4.78 is 5.83. The van der Waals surface area contributed by atoms with Gasteiger partial charge in [0.25, 0.3) is 0 Å². The van der Waals surface area contributed by atoms with Gasteiger partial charge in [-0.05, 0) is 26.0 Å². The van der Waals surface area contributed by atoms with Gasteiger partial charge < -0.3 is 10.1 Å². The Hall–Kier alpha value is -2.17. The van der Waals surface area contributed by atoms with Gasteiger partial charge in [0, 0.05) is 18.7 Å². The summed E-state index contributed by atoms with van der Waals surface area (Å²) in [6.07, 6.45) is 3.38. The highest BCUT2D eigenvalue weighted by molar-refractivity contribution is 5.49. The first-order chi connectivity index (χ1) is 9.61. The Labute approximate surface area is 119 Å². The second-order valence-electron chi connectivity index (χ2n) is 4.84. The van der Waals surface area contributed by atoms with E-state index in [1.54, 1.807) is 12.4 Å². The molecule has 0 aliphatic heterocycles. The van der Waals surface area contributed by atoms with Crippen LogP contribution in [0.3, 0.4) is 0 Å². The molecule has 2 rings (SSSR count). The molecule has 0 aromatic carbocycles. The molecular weight excluding hydrogens is 252 g/mol. The lowest BCUT2D eigenvalue weighted by atomic mass is 10.2. The second-order valence-corrected chi connectivity index (χ2v) is 4.84. The van der Waals surface area contributed by atoms with Gasteiger partial charge in [0.2, 0.25) is 5.88 Å². The van der Waals surface area contributed by atoms with E-state index in [0.717, 1.165) is 23.8 Å². The minimum absolute atomic E-state index is 0.240. The van der Waals surface area contributed by atoms with Gasteiger partial charge >= 0.3 is 0 Å². The number of ether oxygens (including phenoxy) is 1. The summed E-state index contributed by atoms with van der Waals surface area (Å²) in [5.41, 5.74) is 0.903. The molecule has 0 aliphatic rings. The number of pyridine rings is 1. The molecule has 1 N–H and O–H groups in total. The standard InChI is InChI=1S/C15H20N4O/c1-5-17-14-11(4)15(19-13(18-14)10(2)3)20-12-7-6-8-16-9-12/h6-10H,5H2,1-4H3,(H,17,18,19). The Morgan fingerprint density at radius 3 is 2.70 bits per heavy atom. The smallest absolute Gasteiger partial charge is 0.227 e. The zero-order valence-electron chi connectivity index (χ0n) is 12.3. The molecule has 0 aliphatic carbocycles. The number of hydrogen-bond acceptors (Lipinski definition) is 5. The highest BCUT2D eigenvalue weighted by Gasteiger charge is 2.14.